The van der Waals surface area contributed by atoms with E-state index in [1.165, 1.54) is 35.8 Å². The molecule has 2 aliphatic heterocycles. The van der Waals surface area contributed by atoms with Crippen LogP contribution in [-0.4, -0.2) is 40.4 Å². The first kappa shape index (κ1) is 20.5. The fourth-order valence-corrected chi connectivity index (χ4v) is 5.74. The Morgan fingerprint density at radius 2 is 1.71 bits per heavy atom. The summed E-state index contributed by atoms with van der Waals surface area (Å²) in [6, 6.07) is 6.00. The lowest BCUT2D eigenvalue weighted by Gasteiger charge is -2.40. The van der Waals surface area contributed by atoms with Crippen molar-refractivity contribution >= 4 is 22.9 Å². The third kappa shape index (κ3) is 3.95. The number of rotatable bonds is 3. The standard InChI is InChI=1S/C24H31N3O4/c1-15-2-5-18(6-3-15)26-12-10-16(11-13-26)17-4-7-19-21(14-17)31-24(30)27(19)20-8-9-22(28)25-23(20)29/h4,7,14-16,18,20H,2-3,5-6,8-13H2,1H3,(H,25,28,29). The van der Waals surface area contributed by atoms with Gasteiger partial charge < -0.3 is 9.32 Å². The second-order valence-corrected chi connectivity index (χ2v) is 9.66. The van der Waals surface area contributed by atoms with Crippen LogP contribution in [0, 0.1) is 5.92 Å². The fourth-order valence-electron chi connectivity index (χ4n) is 5.74. The number of amides is 2. The quantitative estimate of drug-likeness (QED) is 0.763. The minimum absolute atomic E-state index is 0.228. The Hall–Kier alpha value is -2.41. The van der Waals surface area contributed by atoms with Crippen LogP contribution in [0.15, 0.2) is 27.4 Å². The van der Waals surface area contributed by atoms with E-state index >= 15 is 0 Å². The number of carbonyl (C=O) groups is 2. The first-order chi connectivity index (χ1) is 15.0. The first-order valence-corrected chi connectivity index (χ1v) is 11.7. The largest absolute Gasteiger partial charge is 0.420 e. The fraction of sp³-hybridized carbons (Fsp3) is 0.625. The molecule has 1 N–H and O–H groups in total. The van der Waals surface area contributed by atoms with Crippen molar-refractivity contribution in [3.05, 3.63) is 34.3 Å². The van der Waals surface area contributed by atoms with Gasteiger partial charge in [-0.25, -0.2) is 4.79 Å². The Bertz CT molecular complexity index is 1040. The summed E-state index contributed by atoms with van der Waals surface area (Å²) in [6.07, 6.45) is 8.15. The molecule has 7 heteroatoms. The molecule has 3 heterocycles. The van der Waals surface area contributed by atoms with Crippen LogP contribution < -0.4 is 11.1 Å². The average Bonchev–Trinajstić information content (AvgIpc) is 3.09. The van der Waals surface area contributed by atoms with E-state index in [2.05, 4.69) is 23.2 Å². The maximum atomic E-state index is 12.5. The molecule has 0 bridgehead atoms. The Kier molecular flexibility index (Phi) is 5.46. The van der Waals surface area contributed by atoms with Crippen molar-refractivity contribution in [2.75, 3.05) is 13.1 Å². The summed E-state index contributed by atoms with van der Waals surface area (Å²) < 4.78 is 6.91. The summed E-state index contributed by atoms with van der Waals surface area (Å²) in [6.45, 7) is 4.62. The van der Waals surface area contributed by atoms with Crippen molar-refractivity contribution in [3.63, 3.8) is 0 Å². The van der Waals surface area contributed by atoms with E-state index in [0.717, 1.165) is 37.9 Å². The van der Waals surface area contributed by atoms with E-state index in [1.54, 1.807) is 0 Å². The van der Waals surface area contributed by atoms with Gasteiger partial charge in [-0.15, -0.1) is 0 Å². The smallest absolute Gasteiger partial charge is 0.408 e. The molecule has 1 unspecified atom stereocenters. The van der Waals surface area contributed by atoms with Crippen LogP contribution in [0.4, 0.5) is 0 Å². The van der Waals surface area contributed by atoms with Gasteiger partial charge in [0, 0.05) is 12.5 Å². The zero-order valence-corrected chi connectivity index (χ0v) is 18.1. The predicted molar refractivity (Wildman–Crippen MR) is 117 cm³/mol. The third-order valence-corrected chi connectivity index (χ3v) is 7.66. The molecule has 3 fully saturated rings. The van der Waals surface area contributed by atoms with E-state index in [0.29, 0.717) is 23.4 Å². The van der Waals surface area contributed by atoms with Gasteiger partial charge in [0.1, 0.15) is 6.04 Å². The van der Waals surface area contributed by atoms with Gasteiger partial charge in [-0.2, -0.15) is 0 Å². The summed E-state index contributed by atoms with van der Waals surface area (Å²) >= 11 is 0. The molecular formula is C24H31N3O4. The third-order valence-electron chi connectivity index (χ3n) is 7.66. The number of carbonyl (C=O) groups excluding carboxylic acids is 2. The number of imide groups is 1. The highest BCUT2D eigenvalue weighted by molar-refractivity contribution is 6.00. The Morgan fingerprint density at radius 1 is 0.968 bits per heavy atom. The van der Waals surface area contributed by atoms with Crippen LogP contribution >= 0.6 is 0 Å². The topological polar surface area (TPSA) is 84.6 Å². The Balaban J connectivity index is 1.31. The van der Waals surface area contributed by atoms with Gasteiger partial charge >= 0.3 is 5.76 Å². The highest BCUT2D eigenvalue weighted by Crippen LogP contribution is 2.34. The van der Waals surface area contributed by atoms with Crippen LogP contribution in [0.5, 0.6) is 0 Å². The molecule has 1 aromatic heterocycles. The summed E-state index contributed by atoms with van der Waals surface area (Å²) in [4.78, 5) is 38.9. The van der Waals surface area contributed by atoms with Gasteiger partial charge in [-0.3, -0.25) is 19.5 Å². The normalized spacial score (nSPS) is 28.7. The summed E-state index contributed by atoms with van der Waals surface area (Å²) in [5.41, 5.74) is 2.35. The Labute approximate surface area is 181 Å². The Morgan fingerprint density at radius 3 is 2.42 bits per heavy atom. The number of hydrogen-bond donors (Lipinski definition) is 1. The lowest BCUT2D eigenvalue weighted by atomic mass is 9.84. The minimum Gasteiger partial charge on any atom is -0.408 e. The van der Waals surface area contributed by atoms with Crippen LogP contribution in [0.25, 0.3) is 11.1 Å². The minimum atomic E-state index is -0.696. The number of nitrogens with one attached hydrogen (secondary N) is 1. The van der Waals surface area contributed by atoms with E-state index < -0.39 is 17.7 Å². The number of likely N-dealkylation sites (tertiary alicyclic amines) is 1. The molecule has 3 aliphatic rings. The molecule has 7 nitrogen and oxygen atoms in total. The molecule has 166 valence electrons. The van der Waals surface area contributed by atoms with E-state index in [9.17, 15) is 14.4 Å². The highest BCUT2D eigenvalue weighted by atomic mass is 16.4. The molecule has 1 atom stereocenters. The second-order valence-electron chi connectivity index (χ2n) is 9.66. The van der Waals surface area contributed by atoms with E-state index in [4.69, 9.17) is 4.42 Å². The average molecular weight is 426 g/mol. The highest BCUT2D eigenvalue weighted by Gasteiger charge is 2.32. The zero-order valence-electron chi connectivity index (χ0n) is 18.1. The van der Waals surface area contributed by atoms with Crippen molar-refractivity contribution in [1.29, 1.82) is 0 Å². The van der Waals surface area contributed by atoms with Crippen molar-refractivity contribution in [1.82, 2.24) is 14.8 Å². The first-order valence-electron chi connectivity index (χ1n) is 11.7. The summed E-state index contributed by atoms with van der Waals surface area (Å²) in [5.74, 6) is 0.0751. The molecule has 0 spiro atoms. The molecule has 1 aromatic carbocycles. The molecule has 31 heavy (non-hydrogen) atoms. The van der Waals surface area contributed by atoms with Gasteiger partial charge in [-0.1, -0.05) is 13.0 Å². The van der Waals surface area contributed by atoms with Crippen molar-refractivity contribution in [2.24, 2.45) is 5.92 Å². The van der Waals surface area contributed by atoms with Gasteiger partial charge in [0.25, 0.3) is 0 Å². The van der Waals surface area contributed by atoms with Crippen LogP contribution in [0.2, 0.25) is 0 Å². The predicted octanol–water partition coefficient (Wildman–Crippen LogP) is 3.33. The van der Waals surface area contributed by atoms with Crippen LogP contribution in [0.3, 0.4) is 0 Å². The van der Waals surface area contributed by atoms with Gasteiger partial charge in [0.2, 0.25) is 11.8 Å². The maximum absolute atomic E-state index is 12.5. The number of oxazole rings is 1. The number of benzene rings is 1. The lowest BCUT2D eigenvalue weighted by molar-refractivity contribution is -0.135. The molecular weight excluding hydrogens is 394 g/mol. The van der Waals surface area contributed by atoms with Crippen LogP contribution in [-0.2, 0) is 9.59 Å². The molecule has 1 aliphatic carbocycles. The van der Waals surface area contributed by atoms with E-state index in [-0.39, 0.29) is 12.3 Å². The van der Waals surface area contributed by atoms with Gasteiger partial charge in [-0.05, 0) is 87.6 Å². The van der Waals surface area contributed by atoms with Gasteiger partial charge in [0.05, 0.1) is 5.52 Å². The van der Waals surface area contributed by atoms with Crippen LogP contribution in [0.1, 0.15) is 75.8 Å². The molecule has 2 aromatic rings. The lowest BCUT2D eigenvalue weighted by Crippen LogP contribution is -2.43. The van der Waals surface area contributed by atoms with Crippen molar-refractivity contribution in [2.45, 2.75) is 76.3 Å². The number of aromatic nitrogens is 1. The number of piperidine rings is 2. The molecule has 0 radical (unpaired) electrons. The monoisotopic (exact) mass is 425 g/mol. The number of nitrogens with zero attached hydrogens (tertiary/aromatic N) is 2. The van der Waals surface area contributed by atoms with Crippen molar-refractivity contribution < 1.29 is 14.0 Å². The molecule has 2 saturated heterocycles. The summed E-state index contributed by atoms with van der Waals surface area (Å²) in [7, 11) is 0. The maximum Gasteiger partial charge on any atom is 0.420 e. The summed E-state index contributed by atoms with van der Waals surface area (Å²) in [5, 5.41) is 2.32. The SMILES string of the molecule is CC1CCC(N2CCC(c3ccc4c(c3)oc(=O)n4C3CCC(=O)NC3=O)CC2)CC1. The second kappa shape index (κ2) is 8.26. The van der Waals surface area contributed by atoms with Crippen molar-refractivity contribution in [3.8, 4) is 0 Å². The number of fused-ring (bicyclic) bond motifs is 1. The zero-order chi connectivity index (χ0) is 21.5. The molecule has 1 saturated carbocycles. The van der Waals surface area contributed by atoms with E-state index in [1.807, 2.05) is 12.1 Å². The molecule has 5 rings (SSSR count). The molecule has 2 amide bonds. The van der Waals surface area contributed by atoms with Gasteiger partial charge in [0.15, 0.2) is 5.58 Å². The number of hydrogen-bond acceptors (Lipinski definition) is 5.